The fourth-order valence-corrected chi connectivity index (χ4v) is 4.05. The molecule has 0 aliphatic heterocycles. The summed E-state index contributed by atoms with van der Waals surface area (Å²) in [6.07, 6.45) is 2.68. The number of aromatic nitrogens is 1. The van der Waals surface area contributed by atoms with Crippen molar-refractivity contribution in [3.8, 4) is 28.5 Å². The lowest BCUT2D eigenvalue weighted by molar-refractivity contribution is 1.14. The molecule has 0 bridgehead atoms. The summed E-state index contributed by atoms with van der Waals surface area (Å²) in [5.41, 5.74) is 7.04. The normalized spacial score (nSPS) is 11.1. The van der Waals surface area contributed by atoms with E-state index in [1.807, 2.05) is 41.8 Å². The van der Waals surface area contributed by atoms with Crippen LogP contribution in [0.5, 0.6) is 0 Å². The third-order valence-electron chi connectivity index (χ3n) is 4.91. The lowest BCUT2D eigenvalue weighted by Gasteiger charge is -2.07. The van der Waals surface area contributed by atoms with Gasteiger partial charge in [-0.1, -0.05) is 79.7 Å². The third-order valence-corrected chi connectivity index (χ3v) is 5.79. The van der Waals surface area contributed by atoms with Crippen LogP contribution in [0.25, 0.3) is 28.0 Å². The summed E-state index contributed by atoms with van der Waals surface area (Å²) in [6.45, 7) is 2.12. The van der Waals surface area contributed by atoms with Gasteiger partial charge < -0.3 is 5.32 Å². The van der Waals surface area contributed by atoms with Crippen molar-refractivity contribution in [2.75, 3.05) is 5.32 Å². The number of rotatable bonds is 6. The summed E-state index contributed by atoms with van der Waals surface area (Å²) < 4.78 is 0. The lowest BCUT2D eigenvalue weighted by atomic mass is 10.0. The van der Waals surface area contributed by atoms with Crippen LogP contribution in [0.3, 0.4) is 0 Å². The highest BCUT2D eigenvalue weighted by Gasteiger charge is 2.10. The first-order valence-electron chi connectivity index (χ1n) is 9.85. The van der Waals surface area contributed by atoms with Crippen molar-refractivity contribution < 1.29 is 0 Å². The second kappa shape index (κ2) is 9.21. The van der Waals surface area contributed by atoms with Crippen LogP contribution < -0.4 is 5.32 Å². The molecule has 0 fully saturated rings. The molecule has 0 atom stereocenters. The summed E-state index contributed by atoms with van der Waals surface area (Å²) in [5.74, 6) is 0. The number of nitriles is 1. The van der Waals surface area contributed by atoms with Gasteiger partial charge in [-0.05, 0) is 29.2 Å². The molecule has 0 spiro atoms. The second-order valence-corrected chi connectivity index (χ2v) is 7.66. The van der Waals surface area contributed by atoms with Crippen molar-refractivity contribution in [1.29, 1.82) is 5.26 Å². The SMILES string of the molecule is CCc1ccccc1NC=C(C#N)c1nc(-c2ccc(-c3ccccc3)cc2)cs1. The lowest BCUT2D eigenvalue weighted by Crippen LogP contribution is -1.95. The summed E-state index contributed by atoms with van der Waals surface area (Å²) in [7, 11) is 0. The third kappa shape index (κ3) is 4.32. The van der Waals surface area contributed by atoms with Gasteiger partial charge in [0.05, 0.1) is 5.69 Å². The Morgan fingerprint density at radius 1 is 0.933 bits per heavy atom. The predicted molar refractivity (Wildman–Crippen MR) is 126 cm³/mol. The van der Waals surface area contributed by atoms with E-state index in [0.717, 1.165) is 23.4 Å². The number of anilines is 1. The summed E-state index contributed by atoms with van der Waals surface area (Å²) in [6, 6.07) is 29.0. The monoisotopic (exact) mass is 407 g/mol. The molecule has 3 nitrogen and oxygen atoms in total. The number of hydrogen-bond donors (Lipinski definition) is 1. The van der Waals surface area contributed by atoms with Crippen molar-refractivity contribution in [2.24, 2.45) is 0 Å². The Hall–Kier alpha value is -3.68. The zero-order chi connectivity index (χ0) is 20.8. The zero-order valence-corrected chi connectivity index (χ0v) is 17.5. The quantitative estimate of drug-likeness (QED) is 0.350. The molecule has 0 amide bonds. The van der Waals surface area contributed by atoms with Crippen LogP contribution in [0, 0.1) is 11.3 Å². The fourth-order valence-electron chi connectivity index (χ4n) is 3.26. The van der Waals surface area contributed by atoms with E-state index in [9.17, 15) is 5.26 Å². The maximum atomic E-state index is 9.63. The first kappa shape index (κ1) is 19.6. The minimum absolute atomic E-state index is 0.526. The van der Waals surface area contributed by atoms with Crippen LogP contribution in [0.1, 0.15) is 17.5 Å². The van der Waals surface area contributed by atoms with Gasteiger partial charge in [-0.15, -0.1) is 11.3 Å². The molecule has 4 heteroatoms. The topological polar surface area (TPSA) is 48.7 Å². The molecule has 30 heavy (non-hydrogen) atoms. The van der Waals surface area contributed by atoms with Gasteiger partial charge in [0, 0.05) is 22.8 Å². The van der Waals surface area contributed by atoms with Gasteiger partial charge in [-0.3, -0.25) is 0 Å². The van der Waals surface area contributed by atoms with E-state index in [0.29, 0.717) is 10.6 Å². The van der Waals surface area contributed by atoms with Gasteiger partial charge >= 0.3 is 0 Å². The number of aryl methyl sites for hydroxylation is 1. The van der Waals surface area contributed by atoms with Gasteiger partial charge in [-0.25, -0.2) is 4.98 Å². The van der Waals surface area contributed by atoms with E-state index in [1.165, 1.54) is 28.0 Å². The van der Waals surface area contributed by atoms with E-state index in [4.69, 9.17) is 4.98 Å². The average molecular weight is 408 g/mol. The highest BCUT2D eigenvalue weighted by molar-refractivity contribution is 7.11. The van der Waals surface area contributed by atoms with Crippen molar-refractivity contribution in [3.05, 3.63) is 101 Å². The van der Waals surface area contributed by atoms with Gasteiger partial charge in [-0.2, -0.15) is 5.26 Å². The Balaban J connectivity index is 1.54. The molecule has 3 aromatic carbocycles. The maximum Gasteiger partial charge on any atom is 0.136 e. The molecule has 1 heterocycles. The van der Waals surface area contributed by atoms with Crippen LogP contribution in [0.15, 0.2) is 90.4 Å². The Bertz CT molecular complexity index is 1200. The Morgan fingerprint density at radius 2 is 1.60 bits per heavy atom. The van der Waals surface area contributed by atoms with Crippen LogP contribution in [-0.4, -0.2) is 4.98 Å². The Kier molecular flexibility index (Phi) is 6.03. The average Bonchev–Trinajstić information content (AvgIpc) is 3.30. The van der Waals surface area contributed by atoms with Gasteiger partial charge in [0.1, 0.15) is 16.6 Å². The summed E-state index contributed by atoms with van der Waals surface area (Å²) in [4.78, 5) is 4.70. The van der Waals surface area contributed by atoms with E-state index in [2.05, 4.69) is 60.8 Å². The molecule has 0 aliphatic carbocycles. The molecule has 0 unspecified atom stereocenters. The van der Waals surface area contributed by atoms with Crippen LogP contribution in [0.2, 0.25) is 0 Å². The number of allylic oxidation sites excluding steroid dienone is 1. The smallest absolute Gasteiger partial charge is 0.136 e. The molecular formula is C26H21N3S. The maximum absolute atomic E-state index is 9.63. The second-order valence-electron chi connectivity index (χ2n) is 6.81. The largest absolute Gasteiger partial charge is 0.360 e. The molecule has 0 saturated heterocycles. The van der Waals surface area contributed by atoms with Crippen molar-refractivity contribution in [2.45, 2.75) is 13.3 Å². The first-order valence-corrected chi connectivity index (χ1v) is 10.7. The molecule has 4 aromatic rings. The highest BCUT2D eigenvalue weighted by atomic mass is 32.1. The van der Waals surface area contributed by atoms with Crippen LogP contribution in [-0.2, 0) is 6.42 Å². The number of hydrogen-bond acceptors (Lipinski definition) is 4. The molecule has 0 radical (unpaired) electrons. The molecule has 1 aromatic heterocycles. The molecule has 0 saturated carbocycles. The van der Waals surface area contributed by atoms with E-state index < -0.39 is 0 Å². The zero-order valence-electron chi connectivity index (χ0n) is 16.7. The minimum atomic E-state index is 0.526. The number of nitrogens with zero attached hydrogens (tertiary/aromatic N) is 2. The molecule has 4 rings (SSSR count). The van der Waals surface area contributed by atoms with Crippen LogP contribution >= 0.6 is 11.3 Å². The van der Waals surface area contributed by atoms with E-state index in [1.54, 1.807) is 6.20 Å². The summed E-state index contributed by atoms with van der Waals surface area (Å²) in [5, 5.41) is 15.6. The van der Waals surface area contributed by atoms with Crippen molar-refractivity contribution in [1.82, 2.24) is 4.98 Å². The van der Waals surface area contributed by atoms with E-state index in [-0.39, 0.29) is 0 Å². The van der Waals surface area contributed by atoms with Gasteiger partial charge in [0.2, 0.25) is 0 Å². The summed E-state index contributed by atoms with van der Waals surface area (Å²) >= 11 is 1.48. The Labute approximate surface area is 181 Å². The number of nitrogens with one attached hydrogen (secondary N) is 1. The van der Waals surface area contributed by atoms with Gasteiger partial charge in [0.15, 0.2) is 0 Å². The van der Waals surface area contributed by atoms with Crippen molar-refractivity contribution >= 4 is 22.6 Å². The fraction of sp³-hybridized carbons (Fsp3) is 0.0769. The Morgan fingerprint density at radius 3 is 2.33 bits per heavy atom. The molecule has 0 aliphatic rings. The van der Waals surface area contributed by atoms with E-state index >= 15 is 0 Å². The number of para-hydroxylation sites is 1. The number of benzene rings is 3. The standard InChI is InChI=1S/C26H21N3S/c1-2-19-8-6-7-11-24(19)28-17-23(16-27)26-29-25(18-30-26)22-14-12-21(13-15-22)20-9-4-3-5-10-20/h3-15,17-18,28H,2H2,1H3. The first-order chi connectivity index (χ1) is 14.8. The highest BCUT2D eigenvalue weighted by Crippen LogP contribution is 2.28. The van der Waals surface area contributed by atoms with Gasteiger partial charge in [0.25, 0.3) is 0 Å². The molecule has 146 valence electrons. The minimum Gasteiger partial charge on any atom is -0.360 e. The predicted octanol–water partition coefficient (Wildman–Crippen LogP) is 7.02. The van der Waals surface area contributed by atoms with Crippen LogP contribution in [0.4, 0.5) is 5.69 Å². The number of thiazole rings is 1. The molecule has 1 N–H and O–H groups in total. The molecular weight excluding hydrogens is 386 g/mol. The van der Waals surface area contributed by atoms with Crippen molar-refractivity contribution in [3.63, 3.8) is 0 Å².